The van der Waals surface area contributed by atoms with Crippen molar-refractivity contribution in [3.8, 4) is 0 Å². The van der Waals surface area contributed by atoms with Gasteiger partial charge in [-0.1, -0.05) is 93.8 Å². The molecule has 0 saturated carbocycles. The van der Waals surface area contributed by atoms with Crippen molar-refractivity contribution in [2.75, 3.05) is 6.61 Å². The number of unbranched alkanes of at least 4 members (excludes halogenated alkanes) is 2. The van der Waals surface area contributed by atoms with Gasteiger partial charge in [-0.3, -0.25) is 0 Å². The summed E-state index contributed by atoms with van der Waals surface area (Å²) in [5.41, 5.74) is 2.93. The van der Waals surface area contributed by atoms with E-state index in [1.807, 2.05) is 60.7 Å². The quantitative estimate of drug-likeness (QED) is 0.325. The molecule has 0 heterocycles. The van der Waals surface area contributed by atoms with Crippen molar-refractivity contribution in [3.63, 3.8) is 0 Å². The van der Waals surface area contributed by atoms with Crippen LogP contribution in [0.5, 0.6) is 0 Å². The Morgan fingerprint density at radius 2 is 1.44 bits per heavy atom. The van der Waals surface area contributed by atoms with Gasteiger partial charge in [0, 0.05) is 6.08 Å². The number of benzene rings is 2. The van der Waals surface area contributed by atoms with E-state index in [-0.39, 0.29) is 5.97 Å². The van der Waals surface area contributed by atoms with Gasteiger partial charge in [-0.25, -0.2) is 4.79 Å². The molecule has 0 amide bonds. The van der Waals surface area contributed by atoms with E-state index in [0.717, 1.165) is 35.5 Å². The third kappa shape index (κ3) is 6.96. The fraction of sp³-hybridized carbons (Fsp3) is 0.348. The fourth-order valence-electron chi connectivity index (χ4n) is 2.73. The molecule has 25 heavy (non-hydrogen) atoms. The maximum Gasteiger partial charge on any atom is 0.331 e. The van der Waals surface area contributed by atoms with Gasteiger partial charge in [-0.15, -0.1) is 0 Å². The lowest BCUT2D eigenvalue weighted by Crippen LogP contribution is -2.04. The SMILES string of the molecule is CC(C)CCCCCOC(=O)C=C(c1ccccc1)c1ccccc1. The lowest BCUT2D eigenvalue weighted by atomic mass is 9.98. The van der Waals surface area contributed by atoms with Crippen LogP contribution in [0.3, 0.4) is 0 Å². The molecule has 132 valence electrons. The Morgan fingerprint density at radius 3 is 1.96 bits per heavy atom. The third-order valence-corrected chi connectivity index (χ3v) is 4.10. The lowest BCUT2D eigenvalue weighted by molar-refractivity contribution is -0.137. The smallest absolute Gasteiger partial charge is 0.331 e. The third-order valence-electron chi connectivity index (χ3n) is 4.10. The second-order valence-electron chi connectivity index (χ2n) is 6.70. The van der Waals surface area contributed by atoms with Crippen LogP contribution in [0.4, 0.5) is 0 Å². The van der Waals surface area contributed by atoms with E-state index in [2.05, 4.69) is 13.8 Å². The first-order valence-electron chi connectivity index (χ1n) is 9.16. The maximum absolute atomic E-state index is 12.2. The van der Waals surface area contributed by atoms with Crippen LogP contribution < -0.4 is 0 Å². The first-order valence-corrected chi connectivity index (χ1v) is 9.16. The highest BCUT2D eigenvalue weighted by atomic mass is 16.5. The normalized spacial score (nSPS) is 10.5. The average molecular weight is 336 g/mol. The maximum atomic E-state index is 12.2. The summed E-state index contributed by atoms with van der Waals surface area (Å²) in [6, 6.07) is 19.9. The molecule has 0 aliphatic heterocycles. The zero-order valence-corrected chi connectivity index (χ0v) is 15.3. The number of carbonyl (C=O) groups is 1. The monoisotopic (exact) mass is 336 g/mol. The Kier molecular flexibility index (Phi) is 7.97. The minimum Gasteiger partial charge on any atom is -0.463 e. The largest absolute Gasteiger partial charge is 0.463 e. The molecule has 0 atom stereocenters. The topological polar surface area (TPSA) is 26.3 Å². The highest BCUT2D eigenvalue weighted by Gasteiger charge is 2.08. The molecule has 0 unspecified atom stereocenters. The van der Waals surface area contributed by atoms with Crippen molar-refractivity contribution in [3.05, 3.63) is 77.9 Å². The first-order chi connectivity index (χ1) is 12.2. The number of esters is 1. The molecule has 0 fully saturated rings. The van der Waals surface area contributed by atoms with Crippen LogP contribution in [0, 0.1) is 5.92 Å². The van der Waals surface area contributed by atoms with E-state index in [9.17, 15) is 4.79 Å². The minimum absolute atomic E-state index is 0.272. The predicted molar refractivity (Wildman–Crippen MR) is 104 cm³/mol. The molecule has 0 aliphatic rings. The summed E-state index contributed by atoms with van der Waals surface area (Å²) in [6.45, 7) is 4.96. The molecule has 2 aromatic rings. The van der Waals surface area contributed by atoms with Gasteiger partial charge in [0.1, 0.15) is 0 Å². The highest BCUT2D eigenvalue weighted by molar-refractivity contribution is 5.96. The summed E-state index contributed by atoms with van der Waals surface area (Å²) < 4.78 is 5.41. The van der Waals surface area contributed by atoms with Crippen molar-refractivity contribution >= 4 is 11.5 Å². The van der Waals surface area contributed by atoms with Gasteiger partial charge in [0.15, 0.2) is 0 Å². The molecule has 2 aromatic carbocycles. The van der Waals surface area contributed by atoms with Gasteiger partial charge in [-0.05, 0) is 29.0 Å². The molecule has 0 N–H and O–H groups in total. The van der Waals surface area contributed by atoms with Crippen molar-refractivity contribution in [2.45, 2.75) is 39.5 Å². The number of ether oxygens (including phenoxy) is 1. The van der Waals surface area contributed by atoms with Crippen LogP contribution >= 0.6 is 0 Å². The van der Waals surface area contributed by atoms with Gasteiger partial charge in [0.2, 0.25) is 0 Å². The van der Waals surface area contributed by atoms with Crippen LogP contribution in [-0.2, 0) is 9.53 Å². The Hall–Kier alpha value is -2.35. The molecular weight excluding hydrogens is 308 g/mol. The number of hydrogen-bond donors (Lipinski definition) is 0. The van der Waals surface area contributed by atoms with E-state index >= 15 is 0 Å². The van der Waals surface area contributed by atoms with Crippen molar-refractivity contribution < 1.29 is 9.53 Å². The van der Waals surface area contributed by atoms with E-state index in [1.165, 1.54) is 12.8 Å². The van der Waals surface area contributed by atoms with E-state index in [1.54, 1.807) is 6.08 Å². The summed E-state index contributed by atoms with van der Waals surface area (Å²) >= 11 is 0. The Labute approximate surface area is 151 Å². The zero-order valence-electron chi connectivity index (χ0n) is 15.3. The molecule has 0 bridgehead atoms. The number of hydrogen-bond acceptors (Lipinski definition) is 2. The minimum atomic E-state index is -0.272. The van der Waals surface area contributed by atoms with Gasteiger partial charge in [-0.2, -0.15) is 0 Å². The van der Waals surface area contributed by atoms with Crippen LogP contribution in [0.2, 0.25) is 0 Å². The van der Waals surface area contributed by atoms with Crippen molar-refractivity contribution in [2.24, 2.45) is 5.92 Å². The van der Waals surface area contributed by atoms with Gasteiger partial charge < -0.3 is 4.74 Å². The summed E-state index contributed by atoms with van der Waals surface area (Å²) in [6.07, 6.45) is 6.08. The average Bonchev–Trinajstić information content (AvgIpc) is 2.64. The van der Waals surface area contributed by atoms with Gasteiger partial charge >= 0.3 is 5.97 Å². The summed E-state index contributed by atoms with van der Waals surface area (Å²) in [4.78, 5) is 12.2. The fourth-order valence-corrected chi connectivity index (χ4v) is 2.73. The molecule has 2 rings (SSSR count). The summed E-state index contributed by atoms with van der Waals surface area (Å²) in [5.74, 6) is 0.469. The molecule has 2 heteroatoms. The second kappa shape index (κ2) is 10.5. The molecule has 0 aliphatic carbocycles. The van der Waals surface area contributed by atoms with Crippen molar-refractivity contribution in [1.82, 2.24) is 0 Å². The highest BCUT2D eigenvalue weighted by Crippen LogP contribution is 2.23. The summed E-state index contributed by atoms with van der Waals surface area (Å²) in [7, 11) is 0. The molecule has 0 spiro atoms. The van der Waals surface area contributed by atoms with E-state index < -0.39 is 0 Å². The molecule has 0 saturated heterocycles. The van der Waals surface area contributed by atoms with Crippen LogP contribution in [-0.4, -0.2) is 12.6 Å². The zero-order chi connectivity index (χ0) is 17.9. The lowest BCUT2D eigenvalue weighted by Gasteiger charge is -2.09. The standard InChI is InChI=1S/C23H28O2/c1-19(2)12-6-5-11-17-25-23(24)18-22(20-13-7-3-8-14-20)21-15-9-4-10-16-21/h3-4,7-10,13-16,18-19H,5-6,11-12,17H2,1-2H3. The molecular formula is C23H28O2. The van der Waals surface area contributed by atoms with E-state index in [0.29, 0.717) is 6.61 Å². The second-order valence-corrected chi connectivity index (χ2v) is 6.70. The van der Waals surface area contributed by atoms with Gasteiger partial charge in [0.25, 0.3) is 0 Å². The van der Waals surface area contributed by atoms with E-state index in [4.69, 9.17) is 4.74 Å². The van der Waals surface area contributed by atoms with Crippen LogP contribution in [0.1, 0.15) is 50.7 Å². The number of rotatable bonds is 9. The van der Waals surface area contributed by atoms with Crippen molar-refractivity contribution in [1.29, 1.82) is 0 Å². The van der Waals surface area contributed by atoms with Crippen LogP contribution in [0.15, 0.2) is 66.7 Å². The first kappa shape index (κ1) is 19.0. The molecule has 0 radical (unpaired) electrons. The Balaban J connectivity index is 1.97. The summed E-state index contributed by atoms with van der Waals surface area (Å²) in [5, 5.41) is 0. The molecule has 0 aromatic heterocycles. The number of carbonyl (C=O) groups excluding carboxylic acids is 1. The van der Waals surface area contributed by atoms with Crippen LogP contribution in [0.25, 0.3) is 5.57 Å². The van der Waals surface area contributed by atoms with Gasteiger partial charge in [0.05, 0.1) is 6.61 Å². The Bertz CT molecular complexity index is 616. The molecule has 2 nitrogen and oxygen atoms in total. The predicted octanol–water partition coefficient (Wildman–Crippen LogP) is 5.88. The Morgan fingerprint density at radius 1 is 0.880 bits per heavy atom.